The highest BCUT2D eigenvalue weighted by atomic mass is 35.5. The topological polar surface area (TPSA) is 32.3 Å². The van der Waals surface area contributed by atoms with Gasteiger partial charge in [-0.15, -0.1) is 0 Å². The Balaban J connectivity index is 1.74. The molecule has 0 unspecified atom stereocenters. The van der Waals surface area contributed by atoms with E-state index in [1.54, 1.807) is 0 Å². The van der Waals surface area contributed by atoms with Gasteiger partial charge in [0.25, 0.3) is 5.91 Å². The van der Waals surface area contributed by atoms with E-state index in [0.29, 0.717) is 22.2 Å². The van der Waals surface area contributed by atoms with E-state index in [9.17, 15) is 4.79 Å². The minimum atomic E-state index is -0.290. The number of halogens is 2. The SMILES string of the molecule is Cc1c(Cl)cccc1N[C@@H]1c2ccccc2C(=O)N1Cc1ccccc1Cl. The summed E-state index contributed by atoms with van der Waals surface area (Å²) in [6, 6.07) is 21.0. The van der Waals surface area contributed by atoms with Crippen molar-refractivity contribution in [3.8, 4) is 0 Å². The third-order valence-electron chi connectivity index (χ3n) is 4.92. The number of carbonyl (C=O) groups excluding carboxylic acids is 1. The van der Waals surface area contributed by atoms with Gasteiger partial charge in [-0.3, -0.25) is 4.79 Å². The molecule has 1 heterocycles. The molecule has 1 aliphatic rings. The summed E-state index contributed by atoms with van der Waals surface area (Å²) in [5.74, 6) is -0.0114. The van der Waals surface area contributed by atoms with Crippen LogP contribution in [-0.4, -0.2) is 10.8 Å². The summed E-state index contributed by atoms with van der Waals surface area (Å²) in [7, 11) is 0. The molecule has 0 saturated heterocycles. The second-order valence-electron chi connectivity index (χ2n) is 6.57. The van der Waals surface area contributed by atoms with Crippen molar-refractivity contribution in [3.05, 3.63) is 99.0 Å². The van der Waals surface area contributed by atoms with Gasteiger partial charge < -0.3 is 10.2 Å². The lowest BCUT2D eigenvalue weighted by Crippen LogP contribution is -2.32. The zero-order valence-corrected chi connectivity index (χ0v) is 16.3. The molecule has 3 aromatic carbocycles. The second-order valence-corrected chi connectivity index (χ2v) is 7.39. The van der Waals surface area contributed by atoms with Crippen LogP contribution in [0.25, 0.3) is 0 Å². The molecule has 0 aliphatic carbocycles. The molecule has 1 amide bonds. The third-order valence-corrected chi connectivity index (χ3v) is 5.69. The highest BCUT2D eigenvalue weighted by Crippen LogP contribution is 2.37. The summed E-state index contributed by atoms with van der Waals surface area (Å²) >= 11 is 12.6. The molecule has 5 heteroatoms. The Labute approximate surface area is 168 Å². The van der Waals surface area contributed by atoms with Crippen molar-refractivity contribution < 1.29 is 4.79 Å². The number of rotatable bonds is 4. The Morgan fingerprint density at radius 3 is 2.44 bits per heavy atom. The Morgan fingerprint density at radius 1 is 0.926 bits per heavy atom. The number of hydrogen-bond donors (Lipinski definition) is 1. The van der Waals surface area contributed by atoms with Crippen LogP contribution in [0.4, 0.5) is 5.69 Å². The van der Waals surface area contributed by atoms with Gasteiger partial charge in [0, 0.05) is 33.4 Å². The molecular formula is C22H18Cl2N2O. The Hall–Kier alpha value is -2.49. The summed E-state index contributed by atoms with van der Waals surface area (Å²) < 4.78 is 0. The molecule has 3 nitrogen and oxygen atoms in total. The number of benzene rings is 3. The first-order valence-corrected chi connectivity index (χ1v) is 9.47. The molecule has 4 rings (SSSR count). The average molecular weight is 397 g/mol. The number of anilines is 1. The molecule has 0 spiro atoms. The molecule has 27 heavy (non-hydrogen) atoms. The number of fused-ring (bicyclic) bond motifs is 1. The predicted octanol–water partition coefficient (Wildman–Crippen LogP) is 6.07. The van der Waals surface area contributed by atoms with Crippen molar-refractivity contribution in [2.24, 2.45) is 0 Å². The molecule has 1 atom stereocenters. The van der Waals surface area contributed by atoms with Gasteiger partial charge in [-0.2, -0.15) is 0 Å². The van der Waals surface area contributed by atoms with Crippen molar-refractivity contribution in [2.45, 2.75) is 19.6 Å². The lowest BCUT2D eigenvalue weighted by Gasteiger charge is -2.28. The lowest BCUT2D eigenvalue weighted by atomic mass is 10.1. The first kappa shape index (κ1) is 17.9. The highest BCUT2D eigenvalue weighted by molar-refractivity contribution is 6.31. The largest absolute Gasteiger partial charge is 0.361 e. The fraction of sp³-hybridized carbons (Fsp3) is 0.136. The standard InChI is InChI=1S/C22H18Cl2N2O/c1-14-18(23)11-6-12-20(14)25-21-16-8-3-4-9-17(16)22(27)26(21)13-15-7-2-5-10-19(15)24/h2-12,21,25H,13H2,1H3/t21-/m0/s1. The van der Waals surface area contributed by atoms with Gasteiger partial charge in [-0.1, -0.05) is 65.7 Å². The number of carbonyl (C=O) groups is 1. The maximum absolute atomic E-state index is 13.1. The second kappa shape index (κ2) is 7.26. The number of nitrogens with one attached hydrogen (secondary N) is 1. The average Bonchev–Trinajstić information content (AvgIpc) is 2.93. The van der Waals surface area contributed by atoms with Gasteiger partial charge in [-0.05, 0) is 42.3 Å². The molecule has 136 valence electrons. The summed E-state index contributed by atoms with van der Waals surface area (Å²) in [5.41, 5.74) is 4.43. The van der Waals surface area contributed by atoms with Crippen molar-refractivity contribution in [3.63, 3.8) is 0 Å². The van der Waals surface area contributed by atoms with E-state index in [2.05, 4.69) is 5.32 Å². The van der Waals surface area contributed by atoms with Gasteiger partial charge in [-0.25, -0.2) is 0 Å². The van der Waals surface area contributed by atoms with E-state index in [0.717, 1.165) is 22.4 Å². The molecule has 1 aliphatic heterocycles. The number of amides is 1. The predicted molar refractivity (Wildman–Crippen MR) is 110 cm³/mol. The summed E-state index contributed by atoms with van der Waals surface area (Å²) in [5, 5.41) is 4.85. The van der Waals surface area contributed by atoms with E-state index in [1.165, 1.54) is 0 Å². The normalized spacial score (nSPS) is 15.7. The summed E-state index contributed by atoms with van der Waals surface area (Å²) in [4.78, 5) is 14.9. The highest BCUT2D eigenvalue weighted by Gasteiger charge is 2.36. The number of nitrogens with zero attached hydrogens (tertiary/aromatic N) is 1. The van der Waals surface area contributed by atoms with Crippen LogP contribution in [0, 0.1) is 6.92 Å². The van der Waals surface area contributed by atoms with E-state index in [1.807, 2.05) is 78.6 Å². The fourth-order valence-electron chi connectivity index (χ4n) is 3.41. The Morgan fingerprint density at radius 2 is 1.63 bits per heavy atom. The van der Waals surface area contributed by atoms with E-state index < -0.39 is 0 Å². The molecule has 1 N–H and O–H groups in total. The monoisotopic (exact) mass is 396 g/mol. The van der Waals surface area contributed by atoms with Crippen molar-refractivity contribution in [1.29, 1.82) is 0 Å². The van der Waals surface area contributed by atoms with Gasteiger partial charge in [0.05, 0.1) is 0 Å². The van der Waals surface area contributed by atoms with Crippen molar-refractivity contribution >= 4 is 34.8 Å². The first-order valence-electron chi connectivity index (χ1n) is 8.71. The minimum absolute atomic E-state index is 0.0114. The molecule has 0 bridgehead atoms. The van der Waals surface area contributed by atoms with Crippen LogP contribution in [0.3, 0.4) is 0 Å². The molecule has 3 aromatic rings. The lowest BCUT2D eigenvalue weighted by molar-refractivity contribution is 0.0729. The van der Waals surface area contributed by atoms with E-state index >= 15 is 0 Å². The molecular weight excluding hydrogens is 379 g/mol. The van der Waals surface area contributed by atoms with Crippen molar-refractivity contribution in [2.75, 3.05) is 5.32 Å². The van der Waals surface area contributed by atoms with Crippen LogP contribution in [0.2, 0.25) is 10.0 Å². The van der Waals surface area contributed by atoms with Gasteiger partial charge in [0.1, 0.15) is 6.17 Å². The smallest absolute Gasteiger partial charge is 0.256 e. The van der Waals surface area contributed by atoms with E-state index in [-0.39, 0.29) is 12.1 Å². The van der Waals surface area contributed by atoms with E-state index in [4.69, 9.17) is 23.2 Å². The van der Waals surface area contributed by atoms with Crippen LogP contribution < -0.4 is 5.32 Å². The maximum Gasteiger partial charge on any atom is 0.256 e. The third kappa shape index (κ3) is 3.29. The molecule has 0 radical (unpaired) electrons. The Bertz CT molecular complexity index is 1020. The Kier molecular flexibility index (Phi) is 4.81. The van der Waals surface area contributed by atoms with Gasteiger partial charge in [0.2, 0.25) is 0 Å². The quantitative estimate of drug-likeness (QED) is 0.580. The van der Waals surface area contributed by atoms with Crippen LogP contribution in [0.15, 0.2) is 66.7 Å². The van der Waals surface area contributed by atoms with Crippen LogP contribution in [0.5, 0.6) is 0 Å². The van der Waals surface area contributed by atoms with Gasteiger partial charge in [0.15, 0.2) is 0 Å². The fourth-order valence-corrected chi connectivity index (χ4v) is 3.78. The summed E-state index contributed by atoms with van der Waals surface area (Å²) in [6.07, 6.45) is -0.290. The zero-order chi connectivity index (χ0) is 19.0. The first-order chi connectivity index (χ1) is 13.1. The molecule has 0 aromatic heterocycles. The van der Waals surface area contributed by atoms with Crippen LogP contribution in [-0.2, 0) is 6.54 Å². The van der Waals surface area contributed by atoms with Crippen LogP contribution in [0.1, 0.15) is 33.2 Å². The summed E-state index contributed by atoms with van der Waals surface area (Å²) in [6.45, 7) is 2.39. The number of hydrogen-bond acceptors (Lipinski definition) is 2. The van der Waals surface area contributed by atoms with Crippen molar-refractivity contribution in [1.82, 2.24) is 4.90 Å². The minimum Gasteiger partial charge on any atom is -0.361 e. The molecule has 0 saturated carbocycles. The van der Waals surface area contributed by atoms with Gasteiger partial charge >= 0.3 is 0 Å². The maximum atomic E-state index is 13.1. The zero-order valence-electron chi connectivity index (χ0n) is 14.7. The molecule has 0 fully saturated rings. The van der Waals surface area contributed by atoms with Crippen LogP contribution >= 0.6 is 23.2 Å².